The van der Waals surface area contributed by atoms with Gasteiger partial charge in [-0.1, -0.05) is 19.1 Å². The molecule has 1 heterocycles. The van der Waals surface area contributed by atoms with Crippen molar-refractivity contribution in [3.05, 3.63) is 29.8 Å². The highest BCUT2D eigenvalue weighted by molar-refractivity contribution is 5.31. The average Bonchev–Trinajstić information content (AvgIpc) is 2.57. The molecule has 1 N–H and O–H groups in total. The normalized spacial score (nSPS) is 24.8. The molecule has 118 valence electrons. The van der Waals surface area contributed by atoms with Crippen LogP contribution in [0.3, 0.4) is 0 Å². The predicted molar refractivity (Wildman–Crippen MR) is 86.8 cm³/mol. The fourth-order valence-electron chi connectivity index (χ4n) is 3.14. The lowest BCUT2D eigenvalue weighted by atomic mass is 9.97. The van der Waals surface area contributed by atoms with E-state index >= 15 is 0 Å². The molecule has 0 aliphatic carbocycles. The number of hydrogen-bond acceptors (Lipinski definition) is 3. The first-order chi connectivity index (χ1) is 9.73. The van der Waals surface area contributed by atoms with E-state index in [1.807, 2.05) is 6.07 Å². The molecular formula is C18H29NO2. The molecule has 3 nitrogen and oxygen atoms in total. The lowest BCUT2D eigenvalue weighted by molar-refractivity contribution is -0.0846. The fourth-order valence-corrected chi connectivity index (χ4v) is 3.14. The lowest BCUT2D eigenvalue weighted by Gasteiger charge is -2.27. The van der Waals surface area contributed by atoms with Gasteiger partial charge in [-0.15, -0.1) is 0 Å². The molecule has 0 spiro atoms. The molecule has 0 radical (unpaired) electrons. The molecule has 2 atom stereocenters. The first kappa shape index (κ1) is 16.3. The summed E-state index contributed by atoms with van der Waals surface area (Å²) >= 11 is 0. The first-order valence-electron chi connectivity index (χ1n) is 7.94. The maximum absolute atomic E-state index is 6.24. The van der Waals surface area contributed by atoms with Crippen molar-refractivity contribution in [1.82, 2.24) is 5.32 Å². The quantitative estimate of drug-likeness (QED) is 0.886. The summed E-state index contributed by atoms with van der Waals surface area (Å²) in [7, 11) is 0. The molecule has 2 rings (SSSR count). The highest BCUT2D eigenvalue weighted by atomic mass is 16.6. The van der Waals surface area contributed by atoms with Crippen molar-refractivity contribution in [3.8, 4) is 5.75 Å². The highest BCUT2D eigenvalue weighted by Crippen LogP contribution is 2.39. The number of ether oxygens (including phenoxy) is 2. The Balaban J connectivity index is 2.11. The van der Waals surface area contributed by atoms with Crippen molar-refractivity contribution in [3.63, 3.8) is 0 Å². The van der Waals surface area contributed by atoms with Crippen LogP contribution in [0.2, 0.25) is 0 Å². The van der Waals surface area contributed by atoms with Gasteiger partial charge in [0.2, 0.25) is 0 Å². The van der Waals surface area contributed by atoms with E-state index in [9.17, 15) is 0 Å². The predicted octanol–water partition coefficient (Wildman–Crippen LogP) is 4.08. The summed E-state index contributed by atoms with van der Waals surface area (Å²) in [6, 6.07) is 8.70. The summed E-state index contributed by atoms with van der Waals surface area (Å²) < 4.78 is 12.3. The largest absolute Gasteiger partial charge is 0.487 e. The number of benzene rings is 1. The summed E-state index contributed by atoms with van der Waals surface area (Å²) in [6.45, 7) is 13.7. The smallest absolute Gasteiger partial charge is 0.130 e. The van der Waals surface area contributed by atoms with Gasteiger partial charge in [0.15, 0.2) is 0 Å². The van der Waals surface area contributed by atoms with Crippen LogP contribution in [-0.4, -0.2) is 23.9 Å². The van der Waals surface area contributed by atoms with E-state index in [-0.39, 0.29) is 17.3 Å². The van der Waals surface area contributed by atoms with Gasteiger partial charge >= 0.3 is 0 Å². The fraction of sp³-hybridized carbons (Fsp3) is 0.667. The zero-order valence-corrected chi connectivity index (χ0v) is 14.2. The first-order valence-corrected chi connectivity index (χ1v) is 7.94. The van der Waals surface area contributed by atoms with Crippen molar-refractivity contribution in [2.24, 2.45) is 0 Å². The van der Waals surface area contributed by atoms with Crippen LogP contribution in [0.4, 0.5) is 0 Å². The van der Waals surface area contributed by atoms with Crippen molar-refractivity contribution < 1.29 is 9.47 Å². The standard InChI is InChI=1S/C18H29NO2/c1-7-19-13(2)14-9-8-10-15(11-14)20-16-12-17(3,4)21-18(16,5)6/h8-11,13,16,19H,7,12H2,1-6H3. The SMILES string of the molecule is CCNC(C)c1cccc(OC2CC(C)(C)OC2(C)C)c1. The summed E-state index contributed by atoms with van der Waals surface area (Å²) in [5.74, 6) is 0.927. The minimum absolute atomic E-state index is 0.0807. The van der Waals surface area contributed by atoms with Crippen LogP contribution in [0.15, 0.2) is 24.3 Å². The zero-order valence-electron chi connectivity index (χ0n) is 14.2. The molecule has 3 heteroatoms. The number of hydrogen-bond donors (Lipinski definition) is 1. The topological polar surface area (TPSA) is 30.5 Å². The van der Waals surface area contributed by atoms with Gasteiger partial charge in [-0.3, -0.25) is 0 Å². The van der Waals surface area contributed by atoms with Crippen LogP contribution in [0, 0.1) is 0 Å². The van der Waals surface area contributed by atoms with E-state index < -0.39 is 0 Å². The molecule has 1 aromatic carbocycles. The summed E-state index contributed by atoms with van der Waals surface area (Å²) in [5, 5.41) is 3.43. The molecular weight excluding hydrogens is 262 g/mol. The van der Waals surface area contributed by atoms with E-state index in [1.165, 1.54) is 5.56 Å². The van der Waals surface area contributed by atoms with Crippen LogP contribution in [0.25, 0.3) is 0 Å². The Morgan fingerprint density at radius 2 is 2.05 bits per heavy atom. The van der Waals surface area contributed by atoms with Crippen LogP contribution >= 0.6 is 0 Å². The van der Waals surface area contributed by atoms with E-state index in [0.717, 1.165) is 18.7 Å². The Kier molecular flexibility index (Phi) is 4.64. The Labute approximate surface area is 129 Å². The van der Waals surface area contributed by atoms with Gasteiger partial charge in [0, 0.05) is 12.5 Å². The molecule has 0 amide bonds. The van der Waals surface area contributed by atoms with Gasteiger partial charge in [0.05, 0.1) is 5.60 Å². The van der Waals surface area contributed by atoms with Crippen molar-refractivity contribution >= 4 is 0 Å². The molecule has 1 aliphatic rings. The van der Waals surface area contributed by atoms with Crippen LogP contribution in [0.5, 0.6) is 5.75 Å². The molecule has 0 bridgehead atoms. The van der Waals surface area contributed by atoms with E-state index in [1.54, 1.807) is 0 Å². The van der Waals surface area contributed by atoms with Gasteiger partial charge in [0.25, 0.3) is 0 Å². The Hall–Kier alpha value is -1.06. The molecule has 1 fully saturated rings. The molecule has 21 heavy (non-hydrogen) atoms. The Morgan fingerprint density at radius 3 is 2.62 bits per heavy atom. The van der Waals surface area contributed by atoms with Gasteiger partial charge in [0.1, 0.15) is 17.5 Å². The second-order valence-electron chi connectivity index (χ2n) is 7.13. The lowest BCUT2D eigenvalue weighted by Crippen LogP contribution is -2.36. The Morgan fingerprint density at radius 1 is 1.33 bits per heavy atom. The minimum atomic E-state index is -0.257. The maximum Gasteiger partial charge on any atom is 0.130 e. The third kappa shape index (κ3) is 3.98. The number of nitrogens with one attached hydrogen (secondary N) is 1. The molecule has 1 saturated heterocycles. The summed E-state index contributed by atoms with van der Waals surface area (Å²) in [6.07, 6.45) is 0.990. The maximum atomic E-state index is 6.24. The molecule has 2 unspecified atom stereocenters. The van der Waals surface area contributed by atoms with Crippen LogP contribution in [-0.2, 0) is 4.74 Å². The molecule has 0 saturated carbocycles. The summed E-state index contributed by atoms with van der Waals surface area (Å²) in [4.78, 5) is 0. The van der Waals surface area contributed by atoms with Crippen LogP contribution < -0.4 is 10.1 Å². The average molecular weight is 291 g/mol. The summed E-state index contributed by atoms with van der Waals surface area (Å²) in [5.41, 5.74) is 0.876. The van der Waals surface area contributed by atoms with Gasteiger partial charge in [-0.05, 0) is 58.9 Å². The van der Waals surface area contributed by atoms with Crippen molar-refractivity contribution in [1.29, 1.82) is 0 Å². The molecule has 1 aliphatic heterocycles. The molecule has 1 aromatic rings. The third-order valence-electron chi connectivity index (χ3n) is 4.14. The van der Waals surface area contributed by atoms with Crippen molar-refractivity contribution in [2.45, 2.75) is 71.3 Å². The Bertz CT molecular complexity index is 482. The zero-order chi connectivity index (χ0) is 15.7. The minimum Gasteiger partial charge on any atom is -0.487 e. The highest BCUT2D eigenvalue weighted by Gasteiger charge is 2.47. The van der Waals surface area contributed by atoms with Gasteiger partial charge in [-0.25, -0.2) is 0 Å². The van der Waals surface area contributed by atoms with E-state index in [0.29, 0.717) is 6.04 Å². The monoisotopic (exact) mass is 291 g/mol. The second kappa shape index (κ2) is 5.98. The number of rotatable bonds is 5. The van der Waals surface area contributed by atoms with Gasteiger partial charge in [-0.2, -0.15) is 0 Å². The van der Waals surface area contributed by atoms with E-state index in [4.69, 9.17) is 9.47 Å². The third-order valence-corrected chi connectivity index (χ3v) is 4.14. The van der Waals surface area contributed by atoms with E-state index in [2.05, 4.69) is 65.1 Å². The van der Waals surface area contributed by atoms with Crippen molar-refractivity contribution in [2.75, 3.05) is 6.54 Å². The van der Waals surface area contributed by atoms with Gasteiger partial charge < -0.3 is 14.8 Å². The van der Waals surface area contributed by atoms with Crippen LogP contribution in [0.1, 0.15) is 59.6 Å². The second-order valence-corrected chi connectivity index (χ2v) is 7.13. The molecule has 0 aromatic heterocycles.